The molecule has 0 aliphatic carbocycles. The first-order valence-corrected chi connectivity index (χ1v) is 10.00. The SMILES string of the molecule is CCNC(=NCc1ccc(OCC(F)(F)F)cc1)NCC(C)N1CCN(C)CC1.I. The highest BCUT2D eigenvalue weighted by atomic mass is 127. The molecular formula is C20H33F3IN5O. The maximum atomic E-state index is 12.2. The zero-order valence-electron chi connectivity index (χ0n) is 17.8. The lowest BCUT2D eigenvalue weighted by molar-refractivity contribution is -0.153. The van der Waals surface area contributed by atoms with Crippen molar-refractivity contribution < 1.29 is 17.9 Å². The van der Waals surface area contributed by atoms with Crippen LogP contribution in [0, 0.1) is 0 Å². The molecule has 0 spiro atoms. The molecule has 0 radical (unpaired) electrons. The molecule has 10 heteroatoms. The number of guanidine groups is 1. The van der Waals surface area contributed by atoms with E-state index in [1.165, 1.54) is 12.1 Å². The number of benzene rings is 1. The Morgan fingerprint density at radius 3 is 2.33 bits per heavy atom. The smallest absolute Gasteiger partial charge is 0.422 e. The maximum absolute atomic E-state index is 12.2. The van der Waals surface area contributed by atoms with Crippen molar-refractivity contribution in [3.8, 4) is 5.75 Å². The van der Waals surface area contributed by atoms with Crippen molar-refractivity contribution in [2.45, 2.75) is 32.6 Å². The summed E-state index contributed by atoms with van der Waals surface area (Å²) in [5.41, 5.74) is 0.897. The van der Waals surface area contributed by atoms with Gasteiger partial charge in [0.05, 0.1) is 6.54 Å². The van der Waals surface area contributed by atoms with Crippen molar-refractivity contribution in [1.82, 2.24) is 20.4 Å². The summed E-state index contributed by atoms with van der Waals surface area (Å²) in [4.78, 5) is 9.38. The molecule has 0 aromatic heterocycles. The van der Waals surface area contributed by atoms with E-state index < -0.39 is 12.8 Å². The average molecular weight is 543 g/mol. The van der Waals surface area contributed by atoms with Gasteiger partial charge in [0.2, 0.25) is 0 Å². The summed E-state index contributed by atoms with van der Waals surface area (Å²) in [6, 6.07) is 6.92. The fraction of sp³-hybridized carbons (Fsp3) is 0.650. The third kappa shape index (κ3) is 10.2. The number of alkyl halides is 3. The van der Waals surface area contributed by atoms with Crippen LogP contribution in [-0.4, -0.2) is 80.9 Å². The molecule has 1 unspecified atom stereocenters. The second-order valence-electron chi connectivity index (χ2n) is 7.31. The number of nitrogens with one attached hydrogen (secondary N) is 2. The molecular weight excluding hydrogens is 510 g/mol. The van der Waals surface area contributed by atoms with E-state index in [1.54, 1.807) is 12.1 Å². The van der Waals surface area contributed by atoms with Crippen LogP contribution < -0.4 is 15.4 Å². The van der Waals surface area contributed by atoms with Gasteiger partial charge in [-0.2, -0.15) is 13.2 Å². The summed E-state index contributed by atoms with van der Waals surface area (Å²) < 4.78 is 41.3. The zero-order valence-corrected chi connectivity index (χ0v) is 20.2. The molecule has 1 saturated heterocycles. The van der Waals surface area contributed by atoms with Crippen LogP contribution in [0.4, 0.5) is 13.2 Å². The minimum Gasteiger partial charge on any atom is -0.484 e. The molecule has 0 saturated carbocycles. The lowest BCUT2D eigenvalue weighted by Gasteiger charge is -2.36. The monoisotopic (exact) mass is 543 g/mol. The van der Waals surface area contributed by atoms with Crippen LogP contribution in [-0.2, 0) is 6.54 Å². The normalized spacial score (nSPS) is 17.2. The molecule has 172 valence electrons. The molecule has 1 aromatic rings. The minimum absolute atomic E-state index is 0. The summed E-state index contributed by atoms with van der Waals surface area (Å²) >= 11 is 0. The van der Waals surface area contributed by atoms with Crippen molar-refractivity contribution in [3.63, 3.8) is 0 Å². The number of halogens is 4. The van der Waals surface area contributed by atoms with Gasteiger partial charge in [-0.15, -0.1) is 24.0 Å². The Bertz CT molecular complexity index is 634. The standard InChI is InChI=1S/C20H32F3N5O.HI/c1-4-24-19(25-13-16(2)28-11-9-27(3)10-12-28)26-14-17-5-7-18(8-6-17)29-15-20(21,22)23;/h5-8,16H,4,9-15H2,1-3H3,(H2,24,25,26);1H. The molecule has 6 nitrogen and oxygen atoms in total. The number of hydrogen-bond acceptors (Lipinski definition) is 4. The van der Waals surface area contributed by atoms with Crippen LogP contribution in [0.15, 0.2) is 29.3 Å². The summed E-state index contributed by atoms with van der Waals surface area (Å²) in [5.74, 6) is 0.923. The highest BCUT2D eigenvalue weighted by Gasteiger charge is 2.28. The number of likely N-dealkylation sites (N-methyl/N-ethyl adjacent to an activating group) is 1. The van der Waals surface area contributed by atoms with Gasteiger partial charge < -0.3 is 20.3 Å². The first-order valence-electron chi connectivity index (χ1n) is 10.00. The summed E-state index contributed by atoms with van der Waals surface area (Å²) in [6.45, 7) is 9.20. The van der Waals surface area contributed by atoms with Gasteiger partial charge >= 0.3 is 6.18 Å². The quantitative estimate of drug-likeness (QED) is 0.300. The van der Waals surface area contributed by atoms with Crippen LogP contribution in [0.1, 0.15) is 19.4 Å². The first kappa shape index (κ1) is 26.8. The second kappa shape index (κ2) is 13.2. The van der Waals surface area contributed by atoms with E-state index in [1.807, 2.05) is 6.92 Å². The Morgan fingerprint density at radius 2 is 1.77 bits per heavy atom. The molecule has 2 N–H and O–H groups in total. The topological polar surface area (TPSA) is 52.1 Å². The molecule has 30 heavy (non-hydrogen) atoms. The van der Waals surface area contributed by atoms with Gasteiger partial charge in [-0.05, 0) is 38.6 Å². The fourth-order valence-electron chi connectivity index (χ4n) is 3.00. The van der Waals surface area contributed by atoms with Crippen molar-refractivity contribution in [2.24, 2.45) is 4.99 Å². The predicted octanol–water partition coefficient (Wildman–Crippen LogP) is 2.94. The van der Waals surface area contributed by atoms with E-state index in [0.717, 1.165) is 50.8 Å². The van der Waals surface area contributed by atoms with Crippen LogP contribution in [0.2, 0.25) is 0 Å². The van der Waals surface area contributed by atoms with Gasteiger partial charge in [-0.1, -0.05) is 12.1 Å². The summed E-state index contributed by atoms with van der Waals surface area (Å²) in [5, 5.41) is 6.61. The van der Waals surface area contributed by atoms with E-state index in [4.69, 9.17) is 4.74 Å². The van der Waals surface area contributed by atoms with Gasteiger partial charge in [-0.3, -0.25) is 4.90 Å². The summed E-state index contributed by atoms with van der Waals surface area (Å²) in [7, 11) is 2.14. The Kier molecular flexibility index (Phi) is 11.8. The number of aliphatic imine (C=N–C) groups is 1. The molecule has 2 rings (SSSR count). The van der Waals surface area contributed by atoms with E-state index in [-0.39, 0.29) is 29.7 Å². The van der Waals surface area contributed by atoms with Gasteiger partial charge in [0, 0.05) is 45.3 Å². The molecule has 0 amide bonds. The third-order valence-corrected chi connectivity index (χ3v) is 4.82. The number of rotatable bonds is 8. The van der Waals surface area contributed by atoms with Crippen LogP contribution in [0.25, 0.3) is 0 Å². The molecule has 0 bridgehead atoms. The number of piperazine rings is 1. The predicted molar refractivity (Wildman–Crippen MR) is 125 cm³/mol. The highest BCUT2D eigenvalue weighted by Crippen LogP contribution is 2.19. The maximum Gasteiger partial charge on any atom is 0.422 e. The van der Waals surface area contributed by atoms with Crippen molar-refractivity contribution in [3.05, 3.63) is 29.8 Å². The van der Waals surface area contributed by atoms with Gasteiger partial charge in [0.15, 0.2) is 12.6 Å². The third-order valence-electron chi connectivity index (χ3n) is 4.82. The van der Waals surface area contributed by atoms with E-state index in [9.17, 15) is 13.2 Å². The van der Waals surface area contributed by atoms with Crippen molar-refractivity contribution >= 4 is 29.9 Å². The largest absolute Gasteiger partial charge is 0.484 e. The van der Waals surface area contributed by atoms with Crippen molar-refractivity contribution in [1.29, 1.82) is 0 Å². The Hall–Kier alpha value is -1.27. The number of ether oxygens (including phenoxy) is 1. The Morgan fingerprint density at radius 1 is 1.13 bits per heavy atom. The zero-order chi connectivity index (χ0) is 21.3. The van der Waals surface area contributed by atoms with Gasteiger partial charge in [-0.25, -0.2) is 4.99 Å². The fourth-order valence-corrected chi connectivity index (χ4v) is 3.00. The lowest BCUT2D eigenvalue weighted by atomic mass is 10.2. The minimum atomic E-state index is -4.34. The van der Waals surface area contributed by atoms with Crippen LogP contribution in [0.5, 0.6) is 5.75 Å². The van der Waals surface area contributed by atoms with Gasteiger partial charge in [0.25, 0.3) is 0 Å². The average Bonchev–Trinajstić information content (AvgIpc) is 2.69. The first-order chi connectivity index (χ1) is 13.8. The van der Waals surface area contributed by atoms with Gasteiger partial charge in [0.1, 0.15) is 5.75 Å². The molecule has 1 aliphatic rings. The van der Waals surface area contributed by atoms with Crippen LogP contribution in [0.3, 0.4) is 0 Å². The van der Waals surface area contributed by atoms with Crippen LogP contribution >= 0.6 is 24.0 Å². The van der Waals surface area contributed by atoms with E-state index in [0.29, 0.717) is 12.6 Å². The Balaban J connectivity index is 0.00000450. The van der Waals surface area contributed by atoms with E-state index in [2.05, 4.69) is 39.4 Å². The number of nitrogens with zero attached hydrogens (tertiary/aromatic N) is 3. The number of hydrogen-bond donors (Lipinski definition) is 2. The molecule has 1 aliphatic heterocycles. The molecule has 1 aromatic carbocycles. The Labute approximate surface area is 194 Å². The lowest BCUT2D eigenvalue weighted by Crippen LogP contribution is -2.52. The molecule has 1 fully saturated rings. The second-order valence-corrected chi connectivity index (χ2v) is 7.31. The van der Waals surface area contributed by atoms with E-state index >= 15 is 0 Å². The van der Waals surface area contributed by atoms with Crippen molar-refractivity contribution in [2.75, 3.05) is 52.9 Å². The molecule has 1 heterocycles. The summed E-state index contributed by atoms with van der Waals surface area (Å²) in [6.07, 6.45) is -4.34. The molecule has 1 atom stereocenters. The highest BCUT2D eigenvalue weighted by molar-refractivity contribution is 14.0.